The van der Waals surface area contributed by atoms with Crippen molar-refractivity contribution >= 4 is 5.97 Å². The van der Waals surface area contributed by atoms with Crippen LogP contribution in [-0.2, 0) is 4.74 Å². The number of esters is 1. The van der Waals surface area contributed by atoms with Crippen molar-refractivity contribution in [3.63, 3.8) is 0 Å². The Morgan fingerprint density at radius 1 is 0.958 bits per heavy atom. The van der Waals surface area contributed by atoms with Gasteiger partial charge in [0.2, 0.25) is 6.29 Å². The second-order valence-corrected chi connectivity index (χ2v) is 5.37. The van der Waals surface area contributed by atoms with Crippen molar-refractivity contribution < 1.29 is 19.0 Å². The van der Waals surface area contributed by atoms with Crippen LogP contribution >= 0.6 is 0 Å². The molecule has 2 aromatic rings. The summed E-state index contributed by atoms with van der Waals surface area (Å²) in [6.45, 7) is 4.44. The van der Waals surface area contributed by atoms with E-state index in [-0.39, 0.29) is 5.97 Å². The summed E-state index contributed by atoms with van der Waals surface area (Å²) in [6.07, 6.45) is 2.00. The molecule has 0 spiro atoms. The van der Waals surface area contributed by atoms with E-state index in [0.717, 1.165) is 18.6 Å². The zero-order valence-corrected chi connectivity index (χ0v) is 14.2. The Bertz CT molecular complexity index is 625. The van der Waals surface area contributed by atoms with E-state index in [1.807, 2.05) is 43.3 Å². The minimum atomic E-state index is -0.475. The fourth-order valence-corrected chi connectivity index (χ4v) is 2.11. The van der Waals surface area contributed by atoms with Gasteiger partial charge in [-0.15, -0.1) is 0 Å². The Kier molecular flexibility index (Phi) is 7.15. The third-order valence-corrected chi connectivity index (χ3v) is 3.44. The summed E-state index contributed by atoms with van der Waals surface area (Å²) in [4.78, 5) is 12.2. The molecule has 1 unspecified atom stereocenters. The largest absolute Gasteiger partial charge is 0.462 e. The Labute approximate surface area is 143 Å². The molecule has 1 atom stereocenters. The lowest BCUT2D eigenvalue weighted by molar-refractivity contribution is 0.00185. The molecule has 0 fully saturated rings. The first kappa shape index (κ1) is 17.9. The first-order chi connectivity index (χ1) is 11.7. The van der Waals surface area contributed by atoms with E-state index in [1.54, 1.807) is 18.2 Å². The van der Waals surface area contributed by atoms with Gasteiger partial charge in [0.1, 0.15) is 17.1 Å². The average Bonchev–Trinajstić information content (AvgIpc) is 2.62. The molecule has 2 rings (SSSR count). The predicted octanol–water partition coefficient (Wildman–Crippen LogP) is 4.84. The molecule has 0 aliphatic carbocycles. The molecule has 0 bridgehead atoms. The maximum atomic E-state index is 12.2. The zero-order chi connectivity index (χ0) is 17.2. The third-order valence-electron chi connectivity index (χ3n) is 3.44. The number of rotatable bonds is 9. The molecular formula is C20H24O4. The van der Waals surface area contributed by atoms with Crippen LogP contribution in [0.5, 0.6) is 11.5 Å². The van der Waals surface area contributed by atoms with Crippen LogP contribution in [0.25, 0.3) is 0 Å². The summed E-state index contributed by atoms with van der Waals surface area (Å²) in [6, 6.07) is 16.6. The van der Waals surface area contributed by atoms with Crippen molar-refractivity contribution in [2.45, 2.75) is 39.4 Å². The Hall–Kier alpha value is -2.49. The highest BCUT2D eigenvalue weighted by molar-refractivity contribution is 5.92. The second-order valence-electron chi connectivity index (χ2n) is 5.37. The van der Waals surface area contributed by atoms with Gasteiger partial charge in [0.15, 0.2) is 0 Å². The van der Waals surface area contributed by atoms with E-state index in [4.69, 9.17) is 14.2 Å². The predicted molar refractivity (Wildman–Crippen MR) is 93.4 cm³/mol. The number of carbonyl (C=O) groups excluding carboxylic acids is 1. The van der Waals surface area contributed by atoms with Crippen LogP contribution in [0, 0.1) is 0 Å². The molecule has 0 amide bonds. The van der Waals surface area contributed by atoms with Crippen molar-refractivity contribution in [2.24, 2.45) is 0 Å². The molecule has 0 saturated carbocycles. The molecule has 0 aromatic heterocycles. The fraction of sp³-hybridized carbons (Fsp3) is 0.350. The molecule has 4 nitrogen and oxygen atoms in total. The van der Waals surface area contributed by atoms with Crippen LogP contribution in [0.3, 0.4) is 0 Å². The SMILES string of the molecule is CCCCOC(=O)c1ccccc1OC(CC)Oc1ccccc1. The van der Waals surface area contributed by atoms with Gasteiger partial charge >= 0.3 is 5.97 Å². The number of para-hydroxylation sites is 2. The summed E-state index contributed by atoms with van der Waals surface area (Å²) in [7, 11) is 0. The molecule has 0 N–H and O–H groups in total. The zero-order valence-electron chi connectivity index (χ0n) is 14.2. The van der Waals surface area contributed by atoms with Crippen LogP contribution in [0.15, 0.2) is 54.6 Å². The van der Waals surface area contributed by atoms with Crippen LogP contribution in [0.4, 0.5) is 0 Å². The maximum Gasteiger partial charge on any atom is 0.341 e. The van der Waals surface area contributed by atoms with Crippen LogP contribution in [-0.4, -0.2) is 18.9 Å². The molecule has 0 aliphatic rings. The van der Waals surface area contributed by atoms with Crippen molar-refractivity contribution in [2.75, 3.05) is 6.61 Å². The van der Waals surface area contributed by atoms with Gasteiger partial charge in [0, 0.05) is 6.42 Å². The molecule has 4 heteroatoms. The fourth-order valence-electron chi connectivity index (χ4n) is 2.11. The highest BCUT2D eigenvalue weighted by Crippen LogP contribution is 2.23. The lowest BCUT2D eigenvalue weighted by Gasteiger charge is -2.20. The van der Waals surface area contributed by atoms with Crippen molar-refractivity contribution in [1.82, 2.24) is 0 Å². The quantitative estimate of drug-likeness (QED) is 0.375. The lowest BCUT2D eigenvalue weighted by Crippen LogP contribution is -2.24. The van der Waals surface area contributed by atoms with Crippen molar-refractivity contribution in [1.29, 1.82) is 0 Å². The second kappa shape index (κ2) is 9.60. The summed E-state index contributed by atoms with van der Waals surface area (Å²) >= 11 is 0. The number of benzene rings is 2. The van der Waals surface area contributed by atoms with Crippen LogP contribution in [0.1, 0.15) is 43.5 Å². The molecule has 0 heterocycles. The normalized spacial score (nSPS) is 11.6. The minimum absolute atomic E-state index is 0.367. The van der Waals surface area contributed by atoms with Gasteiger partial charge in [0.05, 0.1) is 6.61 Å². The van der Waals surface area contributed by atoms with E-state index in [2.05, 4.69) is 6.92 Å². The minimum Gasteiger partial charge on any atom is -0.462 e. The van der Waals surface area contributed by atoms with Crippen LogP contribution in [0.2, 0.25) is 0 Å². The maximum absolute atomic E-state index is 12.2. The van der Waals surface area contributed by atoms with Crippen molar-refractivity contribution in [3.05, 3.63) is 60.2 Å². The molecule has 0 saturated heterocycles. The third kappa shape index (κ3) is 5.30. The number of unbranched alkanes of at least 4 members (excludes halogenated alkanes) is 1. The topological polar surface area (TPSA) is 44.8 Å². The first-order valence-corrected chi connectivity index (χ1v) is 8.39. The van der Waals surface area contributed by atoms with Gasteiger partial charge < -0.3 is 14.2 Å². The Morgan fingerprint density at radius 3 is 2.38 bits per heavy atom. The monoisotopic (exact) mass is 328 g/mol. The lowest BCUT2D eigenvalue weighted by atomic mass is 10.2. The van der Waals surface area contributed by atoms with E-state index < -0.39 is 6.29 Å². The number of hydrogen-bond donors (Lipinski definition) is 0. The molecule has 2 aromatic carbocycles. The summed E-state index contributed by atoms with van der Waals surface area (Å²) in [5, 5.41) is 0. The highest BCUT2D eigenvalue weighted by Gasteiger charge is 2.17. The van der Waals surface area contributed by atoms with Gasteiger partial charge in [-0.2, -0.15) is 0 Å². The van der Waals surface area contributed by atoms with Gasteiger partial charge in [-0.25, -0.2) is 4.79 Å². The van der Waals surface area contributed by atoms with Crippen molar-refractivity contribution in [3.8, 4) is 11.5 Å². The number of carbonyl (C=O) groups is 1. The van der Waals surface area contributed by atoms with Crippen LogP contribution < -0.4 is 9.47 Å². The molecule has 24 heavy (non-hydrogen) atoms. The van der Waals surface area contributed by atoms with Gasteiger partial charge in [-0.3, -0.25) is 0 Å². The smallest absolute Gasteiger partial charge is 0.341 e. The summed E-state index contributed by atoms with van der Waals surface area (Å²) in [5.41, 5.74) is 0.420. The summed E-state index contributed by atoms with van der Waals surface area (Å²) in [5.74, 6) is 0.836. The number of ether oxygens (including phenoxy) is 3. The van der Waals surface area contributed by atoms with E-state index >= 15 is 0 Å². The molecule has 0 aliphatic heterocycles. The summed E-state index contributed by atoms with van der Waals surface area (Å²) < 4.78 is 17.0. The van der Waals surface area contributed by atoms with Gasteiger partial charge in [-0.05, 0) is 30.7 Å². The van der Waals surface area contributed by atoms with Gasteiger partial charge in [0.25, 0.3) is 0 Å². The Balaban J connectivity index is 2.06. The molecule has 128 valence electrons. The molecule has 0 radical (unpaired) electrons. The Morgan fingerprint density at radius 2 is 1.67 bits per heavy atom. The van der Waals surface area contributed by atoms with E-state index in [9.17, 15) is 4.79 Å². The number of hydrogen-bond acceptors (Lipinski definition) is 4. The average molecular weight is 328 g/mol. The highest BCUT2D eigenvalue weighted by atomic mass is 16.7. The standard InChI is InChI=1S/C20H24O4/c1-3-5-15-22-20(21)17-13-9-10-14-18(17)24-19(4-2)23-16-11-7-6-8-12-16/h6-14,19H,3-5,15H2,1-2H3. The molecular weight excluding hydrogens is 304 g/mol. The van der Waals surface area contributed by atoms with Gasteiger partial charge in [-0.1, -0.05) is 50.6 Å². The first-order valence-electron chi connectivity index (χ1n) is 8.39. The van der Waals surface area contributed by atoms with E-state index in [1.165, 1.54) is 0 Å². The van der Waals surface area contributed by atoms with E-state index in [0.29, 0.717) is 24.3 Å².